The summed E-state index contributed by atoms with van der Waals surface area (Å²) in [6.45, 7) is 4.48. The molecular weight excluding hydrogens is 321 g/mol. The van der Waals surface area contributed by atoms with Crippen molar-refractivity contribution in [2.75, 3.05) is 24.5 Å². The molecule has 0 amide bonds. The second-order valence-corrected chi connectivity index (χ2v) is 5.90. The summed E-state index contributed by atoms with van der Waals surface area (Å²) in [5, 5.41) is 3.38. The largest absolute Gasteiger partial charge is 0.351 e. The number of aromatic amines is 1. The molecule has 1 unspecified atom stereocenters. The molecule has 2 aromatic heterocycles. The molecule has 8 heteroatoms. The van der Waals surface area contributed by atoms with Crippen molar-refractivity contribution < 1.29 is 4.39 Å². The van der Waals surface area contributed by atoms with Crippen LogP contribution in [0.4, 0.5) is 10.2 Å². The van der Waals surface area contributed by atoms with E-state index in [0.717, 1.165) is 26.1 Å². The van der Waals surface area contributed by atoms with Crippen LogP contribution in [0, 0.1) is 5.95 Å². The second-order valence-electron chi connectivity index (χ2n) is 5.52. The summed E-state index contributed by atoms with van der Waals surface area (Å²) < 4.78 is 13.3. The maximum atomic E-state index is 13.3. The third-order valence-corrected chi connectivity index (χ3v) is 4.18. The van der Waals surface area contributed by atoms with Crippen molar-refractivity contribution in [1.29, 1.82) is 0 Å². The Morgan fingerprint density at radius 1 is 1.48 bits per heavy atom. The minimum absolute atomic E-state index is 0.0528. The molecule has 3 heterocycles. The van der Waals surface area contributed by atoms with Crippen LogP contribution < -0.4 is 15.8 Å². The number of anilines is 1. The molecule has 1 saturated heterocycles. The minimum atomic E-state index is -0.631. The fourth-order valence-electron chi connectivity index (χ4n) is 2.65. The lowest BCUT2D eigenvalue weighted by Crippen LogP contribution is -2.39. The highest BCUT2D eigenvalue weighted by molar-refractivity contribution is 6.32. The first kappa shape index (κ1) is 15.9. The number of hydrogen-bond donors (Lipinski definition) is 2. The number of pyridine rings is 1. The van der Waals surface area contributed by atoms with Crippen LogP contribution in [-0.2, 0) is 0 Å². The molecule has 0 spiro atoms. The first-order valence-electron chi connectivity index (χ1n) is 7.45. The van der Waals surface area contributed by atoms with Gasteiger partial charge in [-0.2, -0.15) is 4.39 Å². The van der Waals surface area contributed by atoms with Gasteiger partial charge in [-0.1, -0.05) is 11.6 Å². The van der Waals surface area contributed by atoms with Crippen molar-refractivity contribution in [3.63, 3.8) is 0 Å². The number of nitrogens with zero attached hydrogens (tertiary/aromatic N) is 3. The fraction of sp³-hybridized carbons (Fsp3) is 0.400. The predicted molar refractivity (Wildman–Crippen MR) is 87.4 cm³/mol. The molecular formula is C15H17ClFN5O. The lowest BCUT2D eigenvalue weighted by atomic mass is 10.2. The van der Waals surface area contributed by atoms with E-state index in [1.807, 2.05) is 11.8 Å². The number of rotatable bonds is 2. The quantitative estimate of drug-likeness (QED) is 0.818. The molecule has 0 saturated carbocycles. The number of halogens is 2. The van der Waals surface area contributed by atoms with Gasteiger partial charge in [-0.3, -0.25) is 4.79 Å². The Labute approximate surface area is 137 Å². The SMILES string of the molecule is CC1CNCCCN1c1nc(-c2ccnc(F)c2)[nH]c(=O)c1Cl. The predicted octanol–water partition coefficient (Wildman–Crippen LogP) is 1.81. The normalized spacial score (nSPS) is 18.7. The molecule has 23 heavy (non-hydrogen) atoms. The monoisotopic (exact) mass is 337 g/mol. The Morgan fingerprint density at radius 3 is 3.09 bits per heavy atom. The highest BCUT2D eigenvalue weighted by Gasteiger charge is 2.23. The summed E-state index contributed by atoms with van der Waals surface area (Å²) in [5.74, 6) is 0.0768. The highest BCUT2D eigenvalue weighted by atomic mass is 35.5. The van der Waals surface area contributed by atoms with Crippen LogP contribution in [0.1, 0.15) is 13.3 Å². The van der Waals surface area contributed by atoms with E-state index in [1.54, 1.807) is 6.07 Å². The molecule has 0 bridgehead atoms. The van der Waals surface area contributed by atoms with Gasteiger partial charge in [-0.05, 0) is 26.0 Å². The van der Waals surface area contributed by atoms with Gasteiger partial charge in [0, 0.05) is 37.0 Å². The zero-order chi connectivity index (χ0) is 16.4. The van der Waals surface area contributed by atoms with Gasteiger partial charge in [0.05, 0.1) is 0 Å². The van der Waals surface area contributed by atoms with Crippen LogP contribution in [0.5, 0.6) is 0 Å². The van der Waals surface area contributed by atoms with Gasteiger partial charge >= 0.3 is 0 Å². The Bertz CT molecular complexity index is 766. The first-order valence-corrected chi connectivity index (χ1v) is 7.83. The van der Waals surface area contributed by atoms with Crippen molar-refractivity contribution >= 4 is 17.4 Å². The van der Waals surface area contributed by atoms with Crippen molar-refractivity contribution in [3.05, 3.63) is 39.7 Å². The van der Waals surface area contributed by atoms with Crippen LogP contribution >= 0.6 is 11.6 Å². The van der Waals surface area contributed by atoms with Crippen LogP contribution in [0.25, 0.3) is 11.4 Å². The Kier molecular flexibility index (Phi) is 4.58. The van der Waals surface area contributed by atoms with Gasteiger partial charge in [0.25, 0.3) is 5.56 Å². The zero-order valence-corrected chi connectivity index (χ0v) is 13.4. The molecule has 1 aliphatic heterocycles. The summed E-state index contributed by atoms with van der Waals surface area (Å²) in [7, 11) is 0. The second kappa shape index (κ2) is 6.64. The van der Waals surface area contributed by atoms with E-state index in [-0.39, 0.29) is 16.9 Å². The van der Waals surface area contributed by atoms with Crippen LogP contribution in [0.2, 0.25) is 5.02 Å². The van der Waals surface area contributed by atoms with Crippen molar-refractivity contribution in [1.82, 2.24) is 20.3 Å². The number of hydrogen-bond acceptors (Lipinski definition) is 5. The molecule has 0 aliphatic carbocycles. The van der Waals surface area contributed by atoms with Crippen molar-refractivity contribution in [2.45, 2.75) is 19.4 Å². The lowest BCUT2D eigenvalue weighted by Gasteiger charge is -2.28. The average Bonchev–Trinajstić information content (AvgIpc) is 2.74. The van der Waals surface area contributed by atoms with Gasteiger partial charge in [-0.25, -0.2) is 9.97 Å². The van der Waals surface area contributed by atoms with E-state index >= 15 is 0 Å². The Hall–Kier alpha value is -1.99. The van der Waals surface area contributed by atoms with Crippen LogP contribution in [0.15, 0.2) is 23.1 Å². The summed E-state index contributed by atoms with van der Waals surface area (Å²) in [6, 6.07) is 2.96. The highest BCUT2D eigenvalue weighted by Crippen LogP contribution is 2.25. The van der Waals surface area contributed by atoms with Crippen LogP contribution in [-0.4, -0.2) is 40.6 Å². The van der Waals surface area contributed by atoms with Gasteiger partial charge < -0.3 is 15.2 Å². The van der Waals surface area contributed by atoms with E-state index < -0.39 is 11.5 Å². The van der Waals surface area contributed by atoms with Crippen molar-refractivity contribution in [3.8, 4) is 11.4 Å². The number of H-pyrrole nitrogens is 1. The third kappa shape index (κ3) is 3.35. The maximum absolute atomic E-state index is 13.3. The smallest absolute Gasteiger partial charge is 0.272 e. The Morgan fingerprint density at radius 2 is 2.30 bits per heavy atom. The topological polar surface area (TPSA) is 73.9 Å². The average molecular weight is 338 g/mol. The molecule has 1 atom stereocenters. The molecule has 6 nitrogen and oxygen atoms in total. The Balaban J connectivity index is 2.08. The van der Waals surface area contributed by atoms with Gasteiger partial charge in [0.2, 0.25) is 5.95 Å². The van der Waals surface area contributed by atoms with E-state index in [2.05, 4.69) is 20.3 Å². The molecule has 3 rings (SSSR count). The molecule has 0 aromatic carbocycles. The zero-order valence-electron chi connectivity index (χ0n) is 12.6. The lowest BCUT2D eigenvalue weighted by molar-refractivity contribution is 0.584. The first-order chi connectivity index (χ1) is 11.1. The molecule has 2 aromatic rings. The standard InChI is InChI=1S/C15H17ClFN5O/c1-9-8-18-4-2-6-22(9)14-12(16)15(23)21-13(20-14)10-3-5-19-11(17)7-10/h3,5,7,9,18H,2,4,6,8H2,1H3,(H,20,21,23). The van der Waals surface area contributed by atoms with Gasteiger partial charge in [0.15, 0.2) is 5.82 Å². The maximum Gasteiger partial charge on any atom is 0.272 e. The van der Waals surface area contributed by atoms with Gasteiger partial charge in [-0.15, -0.1) is 0 Å². The van der Waals surface area contributed by atoms with Crippen LogP contribution in [0.3, 0.4) is 0 Å². The molecule has 1 fully saturated rings. The molecule has 1 aliphatic rings. The van der Waals surface area contributed by atoms with E-state index in [0.29, 0.717) is 11.4 Å². The summed E-state index contributed by atoms with van der Waals surface area (Å²) in [5.41, 5.74) is 0.0152. The summed E-state index contributed by atoms with van der Waals surface area (Å²) >= 11 is 6.18. The molecule has 2 N–H and O–H groups in total. The molecule has 122 valence electrons. The minimum Gasteiger partial charge on any atom is -0.351 e. The number of nitrogens with one attached hydrogen (secondary N) is 2. The summed E-state index contributed by atoms with van der Waals surface area (Å²) in [4.78, 5) is 24.8. The van der Waals surface area contributed by atoms with E-state index in [1.165, 1.54) is 12.3 Å². The molecule has 0 radical (unpaired) electrons. The number of aromatic nitrogens is 3. The third-order valence-electron chi connectivity index (χ3n) is 3.84. The van der Waals surface area contributed by atoms with Gasteiger partial charge in [0.1, 0.15) is 10.8 Å². The van der Waals surface area contributed by atoms with Crippen molar-refractivity contribution in [2.24, 2.45) is 0 Å². The summed E-state index contributed by atoms with van der Waals surface area (Å²) in [6.07, 6.45) is 2.26. The van der Waals surface area contributed by atoms with E-state index in [4.69, 9.17) is 11.6 Å². The van der Waals surface area contributed by atoms with E-state index in [9.17, 15) is 9.18 Å². The fourth-order valence-corrected chi connectivity index (χ4v) is 2.85.